The van der Waals surface area contributed by atoms with Crippen LogP contribution in [0.1, 0.15) is 25.7 Å². The smallest absolute Gasteiger partial charge is 0.798 e. The van der Waals surface area contributed by atoms with Gasteiger partial charge in [-0.2, -0.15) is 4.31 Å². The summed E-state index contributed by atoms with van der Waals surface area (Å²) in [4.78, 5) is 12.0. The van der Waals surface area contributed by atoms with Gasteiger partial charge in [-0.25, -0.2) is 8.42 Å². The summed E-state index contributed by atoms with van der Waals surface area (Å²) in [5.41, 5.74) is -0.805. The van der Waals surface area contributed by atoms with E-state index >= 15 is 0 Å². The van der Waals surface area contributed by atoms with Crippen LogP contribution >= 0.6 is 7.37 Å². The van der Waals surface area contributed by atoms with Crippen LogP contribution in [0.5, 0.6) is 0 Å². The maximum Gasteiger partial charge on any atom is 1.00 e. The summed E-state index contributed by atoms with van der Waals surface area (Å²) in [6.45, 7) is 0. The molecule has 102 valence electrons. The van der Waals surface area contributed by atoms with E-state index in [1.54, 1.807) is 0 Å². The zero-order valence-electron chi connectivity index (χ0n) is 11.1. The maximum absolute atomic E-state index is 12.0. The Hall–Kier alpha value is 1.06. The number of hydrogen-bond acceptors (Lipinski definition) is 5. The molecule has 1 fully saturated rings. The van der Waals surface area contributed by atoms with Crippen molar-refractivity contribution in [1.82, 2.24) is 4.31 Å². The first-order chi connectivity index (χ1) is 7.64. The molecule has 0 saturated heterocycles. The minimum Gasteiger partial charge on any atom is -0.798 e. The Kier molecular flexibility index (Phi) is 7.60. The van der Waals surface area contributed by atoms with Crippen molar-refractivity contribution >= 4 is 17.4 Å². The zero-order chi connectivity index (χ0) is 13.3. The fraction of sp³-hybridized carbons (Fsp3) is 1.00. The van der Waals surface area contributed by atoms with Crippen molar-refractivity contribution in [2.75, 3.05) is 19.6 Å². The summed E-state index contributed by atoms with van der Waals surface area (Å²) in [5.74, 6) is 0. The number of nitrogens with zero attached hydrogens (tertiary/aromatic N) is 1. The van der Waals surface area contributed by atoms with E-state index in [0.717, 1.165) is 23.4 Å². The molecule has 0 bridgehead atoms. The topological polar surface area (TPSA) is 97.7 Å². The first-order valence-electron chi connectivity index (χ1n) is 5.54. The quantitative estimate of drug-likeness (QED) is 0.435. The minimum absolute atomic E-state index is 0. The Morgan fingerprint density at radius 2 is 1.89 bits per heavy atom. The van der Waals surface area contributed by atoms with E-state index < -0.39 is 35.4 Å². The summed E-state index contributed by atoms with van der Waals surface area (Å²) in [6.07, 6.45) is 2.03. The van der Waals surface area contributed by atoms with Crippen LogP contribution in [-0.2, 0) is 14.6 Å². The molecule has 6 nitrogen and oxygen atoms in total. The van der Waals surface area contributed by atoms with Gasteiger partial charge in [0.2, 0.25) is 10.0 Å². The molecule has 1 aliphatic rings. The van der Waals surface area contributed by atoms with Crippen LogP contribution in [0.15, 0.2) is 0 Å². The van der Waals surface area contributed by atoms with Crippen LogP contribution in [0, 0.1) is 0 Å². The van der Waals surface area contributed by atoms with Crippen molar-refractivity contribution in [3.05, 3.63) is 0 Å². The summed E-state index contributed by atoms with van der Waals surface area (Å²) in [6, 6.07) is 0. The SMILES string of the molecule is CN(CP(=O)([O-])C1CCCCC1O)S(C)(=O)=O.[Na+]. The Morgan fingerprint density at radius 1 is 1.39 bits per heavy atom. The molecule has 0 aromatic heterocycles. The van der Waals surface area contributed by atoms with E-state index in [4.69, 9.17) is 0 Å². The second-order valence-corrected chi connectivity index (χ2v) is 9.14. The predicted molar refractivity (Wildman–Crippen MR) is 63.3 cm³/mol. The van der Waals surface area contributed by atoms with Gasteiger partial charge < -0.3 is 14.6 Å². The first kappa shape index (κ1) is 19.1. The number of aliphatic hydroxyl groups excluding tert-OH is 1. The van der Waals surface area contributed by atoms with Crippen molar-refractivity contribution < 1.29 is 52.5 Å². The fourth-order valence-corrected chi connectivity index (χ4v) is 5.37. The molecular formula is C9H19NNaO5PS. The third-order valence-corrected chi connectivity index (χ3v) is 7.05. The Morgan fingerprint density at radius 3 is 2.33 bits per heavy atom. The van der Waals surface area contributed by atoms with Crippen LogP contribution < -0.4 is 34.5 Å². The molecule has 1 aliphatic carbocycles. The van der Waals surface area contributed by atoms with Crippen molar-refractivity contribution in [2.24, 2.45) is 0 Å². The van der Waals surface area contributed by atoms with Crippen LogP contribution in [0.4, 0.5) is 0 Å². The second-order valence-electron chi connectivity index (χ2n) is 4.65. The number of rotatable bonds is 4. The van der Waals surface area contributed by atoms with Gasteiger partial charge in [0.1, 0.15) is 0 Å². The van der Waals surface area contributed by atoms with Crippen molar-refractivity contribution in [2.45, 2.75) is 37.4 Å². The van der Waals surface area contributed by atoms with Gasteiger partial charge in [0.05, 0.1) is 18.6 Å². The van der Waals surface area contributed by atoms with Gasteiger partial charge in [-0.1, -0.05) is 12.8 Å². The number of sulfonamides is 1. The number of hydrogen-bond donors (Lipinski definition) is 1. The van der Waals surface area contributed by atoms with E-state index in [1.165, 1.54) is 7.05 Å². The molecular weight excluding hydrogens is 288 g/mol. The van der Waals surface area contributed by atoms with Crippen molar-refractivity contribution in [3.8, 4) is 0 Å². The van der Waals surface area contributed by atoms with Gasteiger partial charge in [0, 0.05) is 20.1 Å². The molecule has 0 aromatic rings. The molecule has 1 rings (SSSR count). The minimum atomic E-state index is -3.93. The van der Waals surface area contributed by atoms with E-state index in [9.17, 15) is 23.0 Å². The normalized spacial score (nSPS) is 28.5. The molecule has 9 heteroatoms. The third kappa shape index (κ3) is 5.21. The molecule has 0 heterocycles. The summed E-state index contributed by atoms with van der Waals surface area (Å²) >= 11 is 0. The summed E-state index contributed by atoms with van der Waals surface area (Å²) in [7, 11) is -6.21. The van der Waals surface area contributed by atoms with E-state index in [2.05, 4.69) is 0 Å². The Labute approximate surface area is 131 Å². The van der Waals surface area contributed by atoms with Crippen molar-refractivity contribution in [3.63, 3.8) is 0 Å². The number of aliphatic hydroxyl groups is 1. The molecule has 0 spiro atoms. The molecule has 18 heavy (non-hydrogen) atoms. The van der Waals surface area contributed by atoms with Crippen LogP contribution in [0.3, 0.4) is 0 Å². The largest absolute Gasteiger partial charge is 1.00 e. The average Bonchev–Trinajstić information content (AvgIpc) is 2.15. The summed E-state index contributed by atoms with van der Waals surface area (Å²) in [5, 5.41) is 9.68. The average molecular weight is 307 g/mol. The molecule has 0 aliphatic heterocycles. The fourth-order valence-electron chi connectivity index (χ4n) is 2.04. The predicted octanol–water partition coefficient (Wildman–Crippen LogP) is -3.22. The maximum atomic E-state index is 12.0. The van der Waals surface area contributed by atoms with Gasteiger partial charge in [0.25, 0.3) is 0 Å². The third-order valence-electron chi connectivity index (χ3n) is 3.16. The van der Waals surface area contributed by atoms with E-state index in [1.807, 2.05) is 0 Å². The van der Waals surface area contributed by atoms with Crippen molar-refractivity contribution in [1.29, 1.82) is 0 Å². The Balaban J connectivity index is 0.00000289. The van der Waals surface area contributed by atoms with Crippen LogP contribution in [0.25, 0.3) is 0 Å². The molecule has 0 radical (unpaired) electrons. The van der Waals surface area contributed by atoms with Gasteiger partial charge in [0.15, 0.2) is 0 Å². The zero-order valence-corrected chi connectivity index (χ0v) is 14.8. The monoisotopic (exact) mass is 307 g/mol. The van der Waals surface area contributed by atoms with Crippen LogP contribution in [-0.4, -0.2) is 49.2 Å². The molecule has 3 atom stereocenters. The Bertz CT molecular complexity index is 415. The molecule has 0 aromatic carbocycles. The van der Waals surface area contributed by atoms with Gasteiger partial charge in [-0.15, -0.1) is 0 Å². The molecule has 1 N–H and O–H groups in total. The van der Waals surface area contributed by atoms with Crippen LogP contribution in [0.2, 0.25) is 0 Å². The van der Waals surface area contributed by atoms with E-state index in [0.29, 0.717) is 12.8 Å². The molecule has 1 saturated carbocycles. The summed E-state index contributed by atoms with van der Waals surface area (Å²) < 4.78 is 35.2. The standard InChI is InChI=1S/C9H20NO5PS.Na/c1-10(17(2,14)15)7-16(12,13)9-6-4-3-5-8(9)11;/h8-9,11H,3-7H2,1-2H3,(H,12,13);/q;+1/p-1. The molecule has 0 amide bonds. The van der Waals surface area contributed by atoms with E-state index in [-0.39, 0.29) is 29.6 Å². The van der Waals surface area contributed by atoms with Gasteiger partial charge in [-0.05, 0) is 12.8 Å². The molecule has 3 unspecified atom stereocenters. The second kappa shape index (κ2) is 7.18. The van der Waals surface area contributed by atoms with Gasteiger partial charge >= 0.3 is 29.6 Å². The first-order valence-corrected chi connectivity index (χ1v) is 9.26. The van der Waals surface area contributed by atoms with Gasteiger partial charge in [-0.3, -0.25) is 0 Å².